The summed E-state index contributed by atoms with van der Waals surface area (Å²) in [6, 6.07) is 11.6. The summed E-state index contributed by atoms with van der Waals surface area (Å²) in [7, 11) is 1.46. The number of methoxy groups -OCH3 is 1. The summed E-state index contributed by atoms with van der Waals surface area (Å²) in [6.45, 7) is 0. The summed E-state index contributed by atoms with van der Waals surface area (Å²) >= 11 is 5.83. The Hall–Kier alpha value is -2.79. The van der Waals surface area contributed by atoms with Gasteiger partial charge in [-0.1, -0.05) is 17.7 Å². The van der Waals surface area contributed by atoms with E-state index in [1.54, 1.807) is 36.4 Å². The topological polar surface area (TPSA) is 68.1 Å². The fraction of sp³-hybridized carbons (Fsp3) is 0.0588. The number of hydrogen-bond acceptors (Lipinski definition) is 5. The van der Waals surface area contributed by atoms with Gasteiger partial charge in [0.1, 0.15) is 0 Å². The summed E-state index contributed by atoms with van der Waals surface area (Å²) in [5, 5.41) is 10.4. The Bertz CT molecular complexity index is 825. The molecule has 0 aromatic heterocycles. The second kappa shape index (κ2) is 6.14. The zero-order valence-electron chi connectivity index (χ0n) is 12.1. The van der Waals surface area contributed by atoms with Crippen LogP contribution in [0.4, 0.5) is 0 Å². The molecule has 0 saturated carbocycles. The minimum Gasteiger partial charge on any atom is -0.504 e. The quantitative estimate of drug-likeness (QED) is 0.692. The number of phenolic OH excluding ortho intramolecular Hbond substituents is 1. The molecule has 0 atom stereocenters. The molecule has 3 rings (SSSR count). The molecule has 2 aromatic carbocycles. The number of carbonyl (C=O) groups is 1. The smallest absolute Gasteiger partial charge is 0.363 e. The number of benzene rings is 2. The normalized spacial score (nSPS) is 15.5. The van der Waals surface area contributed by atoms with Gasteiger partial charge in [-0.15, -0.1) is 0 Å². The van der Waals surface area contributed by atoms with Crippen LogP contribution >= 0.6 is 11.6 Å². The molecule has 1 aliphatic heterocycles. The van der Waals surface area contributed by atoms with Crippen LogP contribution in [0.15, 0.2) is 53.2 Å². The number of esters is 1. The molecule has 23 heavy (non-hydrogen) atoms. The molecule has 2 aromatic rings. The van der Waals surface area contributed by atoms with Gasteiger partial charge in [0.25, 0.3) is 0 Å². The minimum atomic E-state index is -0.551. The maximum Gasteiger partial charge on any atom is 0.363 e. The van der Waals surface area contributed by atoms with E-state index in [4.69, 9.17) is 21.1 Å². The van der Waals surface area contributed by atoms with Gasteiger partial charge in [-0.2, -0.15) is 0 Å². The van der Waals surface area contributed by atoms with Crippen LogP contribution in [0.2, 0.25) is 5.02 Å². The van der Waals surface area contributed by atoms with Crippen LogP contribution in [-0.4, -0.2) is 24.1 Å². The third-order valence-corrected chi connectivity index (χ3v) is 3.47. The van der Waals surface area contributed by atoms with E-state index in [0.717, 1.165) is 0 Å². The van der Waals surface area contributed by atoms with Gasteiger partial charge >= 0.3 is 5.97 Å². The number of aliphatic imine (C=N–C) groups is 1. The Labute approximate surface area is 137 Å². The molecule has 5 nitrogen and oxygen atoms in total. The van der Waals surface area contributed by atoms with Gasteiger partial charge < -0.3 is 14.6 Å². The summed E-state index contributed by atoms with van der Waals surface area (Å²) in [5.41, 5.74) is 1.42. The van der Waals surface area contributed by atoms with E-state index in [1.807, 2.05) is 0 Å². The van der Waals surface area contributed by atoms with Gasteiger partial charge in [-0.3, -0.25) is 0 Å². The largest absolute Gasteiger partial charge is 0.504 e. The average molecular weight is 330 g/mol. The maximum absolute atomic E-state index is 11.9. The van der Waals surface area contributed by atoms with Crippen molar-refractivity contribution in [2.45, 2.75) is 0 Å². The number of halogens is 1. The second-order valence-corrected chi connectivity index (χ2v) is 5.21. The average Bonchev–Trinajstić information content (AvgIpc) is 2.89. The molecule has 1 N–H and O–H groups in total. The van der Waals surface area contributed by atoms with Crippen molar-refractivity contribution >= 4 is 29.5 Å². The number of cyclic esters (lactones) is 1. The van der Waals surface area contributed by atoms with Crippen molar-refractivity contribution in [3.8, 4) is 11.5 Å². The number of hydrogen-bond donors (Lipinski definition) is 1. The highest BCUT2D eigenvalue weighted by molar-refractivity contribution is 6.30. The first-order chi connectivity index (χ1) is 11.1. The molecule has 1 heterocycles. The van der Waals surface area contributed by atoms with E-state index in [-0.39, 0.29) is 17.3 Å². The van der Waals surface area contributed by atoms with Crippen molar-refractivity contribution in [3.05, 3.63) is 64.3 Å². The molecule has 116 valence electrons. The standard InChI is InChI=1S/C17H12ClNO4/c1-22-15-7-2-10(9-14(15)20)8-13-17(21)23-16(19-13)11-3-5-12(18)6-4-11/h2-9,20H,1H3/b13-8+. The first kappa shape index (κ1) is 15.1. The number of aromatic hydroxyl groups is 1. The second-order valence-electron chi connectivity index (χ2n) is 4.77. The van der Waals surface area contributed by atoms with Gasteiger partial charge in [0.05, 0.1) is 7.11 Å². The fourth-order valence-corrected chi connectivity index (χ4v) is 2.21. The first-order valence-corrected chi connectivity index (χ1v) is 7.10. The number of carbonyl (C=O) groups excluding carboxylic acids is 1. The lowest BCUT2D eigenvalue weighted by Crippen LogP contribution is -2.05. The van der Waals surface area contributed by atoms with Crippen LogP contribution in [0, 0.1) is 0 Å². The first-order valence-electron chi connectivity index (χ1n) is 6.72. The maximum atomic E-state index is 11.9. The number of phenols is 1. The lowest BCUT2D eigenvalue weighted by atomic mass is 10.1. The Morgan fingerprint density at radius 3 is 2.61 bits per heavy atom. The molecule has 1 aliphatic rings. The molecule has 0 spiro atoms. The van der Waals surface area contributed by atoms with Gasteiger partial charge in [0, 0.05) is 10.6 Å². The molecule has 0 unspecified atom stereocenters. The lowest BCUT2D eigenvalue weighted by molar-refractivity contribution is -0.129. The Morgan fingerprint density at radius 1 is 1.22 bits per heavy atom. The molecule has 0 bridgehead atoms. The molecular formula is C17H12ClNO4. The molecule has 0 fully saturated rings. The van der Waals surface area contributed by atoms with E-state index in [1.165, 1.54) is 19.3 Å². The Morgan fingerprint density at radius 2 is 1.96 bits per heavy atom. The van der Waals surface area contributed by atoms with E-state index in [9.17, 15) is 9.90 Å². The van der Waals surface area contributed by atoms with Crippen LogP contribution in [-0.2, 0) is 9.53 Å². The lowest BCUT2D eigenvalue weighted by Gasteiger charge is -2.03. The van der Waals surface area contributed by atoms with Crippen LogP contribution in [0.1, 0.15) is 11.1 Å². The van der Waals surface area contributed by atoms with Crippen LogP contribution in [0.3, 0.4) is 0 Å². The highest BCUT2D eigenvalue weighted by Gasteiger charge is 2.24. The van der Waals surface area contributed by atoms with Crippen LogP contribution < -0.4 is 4.74 Å². The summed E-state index contributed by atoms with van der Waals surface area (Å²) in [4.78, 5) is 16.1. The van der Waals surface area contributed by atoms with Crippen molar-refractivity contribution in [3.63, 3.8) is 0 Å². The SMILES string of the molecule is COc1ccc(/C=C2/N=C(c3ccc(Cl)cc3)OC2=O)cc1O. The van der Waals surface area contributed by atoms with Crippen molar-refractivity contribution in [1.82, 2.24) is 0 Å². The summed E-state index contributed by atoms with van der Waals surface area (Å²) < 4.78 is 10.1. The Kier molecular flexibility index (Phi) is 4.04. The van der Waals surface area contributed by atoms with E-state index >= 15 is 0 Å². The van der Waals surface area contributed by atoms with Crippen molar-refractivity contribution in [2.24, 2.45) is 4.99 Å². The zero-order valence-corrected chi connectivity index (χ0v) is 12.9. The Balaban J connectivity index is 1.91. The molecule has 0 amide bonds. The van der Waals surface area contributed by atoms with Gasteiger partial charge in [-0.05, 0) is 48.0 Å². The van der Waals surface area contributed by atoms with E-state index in [0.29, 0.717) is 21.9 Å². The number of ether oxygens (including phenoxy) is 2. The van der Waals surface area contributed by atoms with Crippen LogP contribution in [0.25, 0.3) is 6.08 Å². The third kappa shape index (κ3) is 3.19. The van der Waals surface area contributed by atoms with Crippen molar-refractivity contribution < 1.29 is 19.4 Å². The predicted octanol–water partition coefficient (Wildman–Crippen LogP) is 3.40. The van der Waals surface area contributed by atoms with Crippen molar-refractivity contribution in [1.29, 1.82) is 0 Å². The molecule has 0 saturated heterocycles. The number of rotatable bonds is 3. The molecule has 0 aliphatic carbocycles. The predicted molar refractivity (Wildman–Crippen MR) is 86.7 cm³/mol. The van der Waals surface area contributed by atoms with Crippen LogP contribution in [0.5, 0.6) is 11.5 Å². The van der Waals surface area contributed by atoms with E-state index < -0.39 is 5.97 Å². The number of nitrogens with zero attached hydrogens (tertiary/aromatic N) is 1. The highest BCUT2D eigenvalue weighted by Crippen LogP contribution is 2.28. The molecule has 6 heteroatoms. The summed E-state index contributed by atoms with van der Waals surface area (Å²) in [5.74, 6) is 0.00234. The fourth-order valence-electron chi connectivity index (χ4n) is 2.08. The van der Waals surface area contributed by atoms with Crippen molar-refractivity contribution in [2.75, 3.05) is 7.11 Å². The van der Waals surface area contributed by atoms with Gasteiger partial charge in [0.15, 0.2) is 17.2 Å². The summed E-state index contributed by atoms with van der Waals surface area (Å²) in [6.07, 6.45) is 1.53. The zero-order chi connectivity index (χ0) is 16.4. The molecule has 0 radical (unpaired) electrons. The van der Waals surface area contributed by atoms with Gasteiger partial charge in [0.2, 0.25) is 5.90 Å². The monoisotopic (exact) mass is 329 g/mol. The third-order valence-electron chi connectivity index (χ3n) is 3.22. The molecular weight excluding hydrogens is 318 g/mol. The van der Waals surface area contributed by atoms with Gasteiger partial charge in [-0.25, -0.2) is 9.79 Å². The van der Waals surface area contributed by atoms with E-state index in [2.05, 4.69) is 4.99 Å². The minimum absolute atomic E-state index is 0.0184. The highest BCUT2D eigenvalue weighted by atomic mass is 35.5.